The quantitative estimate of drug-likeness (QED) is 0.739. The average molecular weight is 337 g/mol. The number of hydrogen-bond donors (Lipinski definition) is 1. The normalized spacial score (nSPS) is 11.9. The molecule has 0 spiro atoms. The van der Waals surface area contributed by atoms with Gasteiger partial charge in [-0.15, -0.1) is 11.3 Å². The highest BCUT2D eigenvalue weighted by atomic mass is 32.1. The molecule has 0 fully saturated rings. The van der Waals surface area contributed by atoms with E-state index in [1.807, 2.05) is 54.8 Å². The van der Waals surface area contributed by atoms with Crippen LogP contribution in [0.15, 0.2) is 60.2 Å². The molecule has 0 saturated heterocycles. The second kappa shape index (κ2) is 7.84. The number of thiazole rings is 1. The molecule has 0 bridgehead atoms. The summed E-state index contributed by atoms with van der Waals surface area (Å²) in [5.74, 6) is 0.0482. The monoisotopic (exact) mass is 337 g/mol. The molecule has 0 aliphatic carbocycles. The molecule has 4 nitrogen and oxygen atoms in total. The van der Waals surface area contributed by atoms with Crippen molar-refractivity contribution >= 4 is 17.2 Å². The van der Waals surface area contributed by atoms with Crippen LogP contribution in [-0.4, -0.2) is 15.9 Å². The molecule has 1 atom stereocenters. The van der Waals surface area contributed by atoms with Crippen molar-refractivity contribution in [1.29, 1.82) is 0 Å². The fourth-order valence-electron chi connectivity index (χ4n) is 2.44. The summed E-state index contributed by atoms with van der Waals surface area (Å²) in [6, 6.07) is 13.9. The van der Waals surface area contributed by atoms with E-state index in [-0.39, 0.29) is 11.9 Å². The molecular weight excluding hydrogens is 318 g/mol. The van der Waals surface area contributed by atoms with Gasteiger partial charge in [0.05, 0.1) is 16.7 Å². The summed E-state index contributed by atoms with van der Waals surface area (Å²) in [5, 5.41) is 6.03. The fraction of sp³-hybridized carbons (Fsp3) is 0.211. The van der Waals surface area contributed by atoms with Gasteiger partial charge in [-0.1, -0.05) is 30.3 Å². The van der Waals surface area contributed by atoms with Crippen LogP contribution in [0.3, 0.4) is 0 Å². The molecule has 3 rings (SSSR count). The Morgan fingerprint density at radius 1 is 1.17 bits per heavy atom. The Balaban J connectivity index is 1.53. The van der Waals surface area contributed by atoms with Crippen LogP contribution in [0.2, 0.25) is 0 Å². The summed E-state index contributed by atoms with van der Waals surface area (Å²) < 4.78 is 0. The Labute approximate surface area is 145 Å². The van der Waals surface area contributed by atoms with Crippen LogP contribution in [0.5, 0.6) is 0 Å². The molecule has 5 heteroatoms. The van der Waals surface area contributed by atoms with Crippen molar-refractivity contribution in [3.63, 3.8) is 0 Å². The highest BCUT2D eigenvalue weighted by molar-refractivity contribution is 7.09. The Hall–Kier alpha value is -2.53. The Morgan fingerprint density at radius 3 is 2.67 bits per heavy atom. The lowest BCUT2D eigenvalue weighted by Crippen LogP contribution is -2.26. The van der Waals surface area contributed by atoms with Gasteiger partial charge in [0.25, 0.3) is 0 Å². The number of benzene rings is 1. The zero-order valence-electron chi connectivity index (χ0n) is 13.5. The highest BCUT2D eigenvalue weighted by Crippen LogP contribution is 2.22. The van der Waals surface area contributed by atoms with E-state index in [9.17, 15) is 4.79 Å². The van der Waals surface area contributed by atoms with Crippen LogP contribution < -0.4 is 5.32 Å². The van der Waals surface area contributed by atoms with Gasteiger partial charge in [-0.05, 0) is 24.6 Å². The summed E-state index contributed by atoms with van der Waals surface area (Å²) in [5.41, 5.74) is 3.10. The van der Waals surface area contributed by atoms with Gasteiger partial charge < -0.3 is 5.32 Å². The van der Waals surface area contributed by atoms with E-state index in [1.54, 1.807) is 23.7 Å². The zero-order chi connectivity index (χ0) is 16.8. The number of hydrogen-bond acceptors (Lipinski definition) is 4. The number of carbonyl (C=O) groups is 1. The molecule has 1 N–H and O–H groups in total. The van der Waals surface area contributed by atoms with Gasteiger partial charge in [-0.2, -0.15) is 0 Å². The molecule has 0 aliphatic rings. The molecule has 0 aliphatic heterocycles. The van der Waals surface area contributed by atoms with Crippen molar-refractivity contribution in [1.82, 2.24) is 15.3 Å². The summed E-state index contributed by atoms with van der Waals surface area (Å²) in [4.78, 5) is 20.7. The third kappa shape index (κ3) is 4.26. The fourth-order valence-corrected chi connectivity index (χ4v) is 3.25. The van der Waals surface area contributed by atoms with Crippen LogP contribution >= 0.6 is 11.3 Å². The van der Waals surface area contributed by atoms with E-state index >= 15 is 0 Å². The lowest BCUT2D eigenvalue weighted by Gasteiger charge is -2.13. The minimum Gasteiger partial charge on any atom is -0.350 e. The SMILES string of the molecule is CC(NC(=O)CCc1nc(-c2ccncc2)cs1)c1ccccc1. The van der Waals surface area contributed by atoms with Gasteiger partial charge >= 0.3 is 0 Å². The molecule has 0 radical (unpaired) electrons. The smallest absolute Gasteiger partial charge is 0.220 e. The number of carbonyl (C=O) groups excluding carboxylic acids is 1. The van der Waals surface area contributed by atoms with Crippen LogP contribution in [0.4, 0.5) is 0 Å². The number of aromatic nitrogens is 2. The van der Waals surface area contributed by atoms with E-state index < -0.39 is 0 Å². The zero-order valence-corrected chi connectivity index (χ0v) is 14.3. The summed E-state index contributed by atoms with van der Waals surface area (Å²) in [7, 11) is 0. The lowest BCUT2D eigenvalue weighted by molar-refractivity contribution is -0.121. The number of rotatable bonds is 6. The molecule has 1 aromatic carbocycles. The van der Waals surface area contributed by atoms with Gasteiger partial charge in [-0.3, -0.25) is 9.78 Å². The van der Waals surface area contributed by atoms with Crippen molar-refractivity contribution in [2.75, 3.05) is 0 Å². The molecule has 1 unspecified atom stereocenters. The van der Waals surface area contributed by atoms with Gasteiger partial charge in [0, 0.05) is 36.2 Å². The minimum absolute atomic E-state index is 0.0161. The van der Waals surface area contributed by atoms with Crippen molar-refractivity contribution in [2.45, 2.75) is 25.8 Å². The molecule has 1 amide bonds. The van der Waals surface area contributed by atoms with Crippen molar-refractivity contribution < 1.29 is 4.79 Å². The summed E-state index contributed by atoms with van der Waals surface area (Å²) >= 11 is 1.59. The topological polar surface area (TPSA) is 54.9 Å². The molecule has 0 saturated carbocycles. The predicted molar refractivity (Wildman–Crippen MR) is 96.7 cm³/mol. The first-order valence-electron chi connectivity index (χ1n) is 7.91. The summed E-state index contributed by atoms with van der Waals surface area (Å²) in [6.07, 6.45) is 4.61. The van der Waals surface area contributed by atoms with Crippen LogP contribution in [0.1, 0.15) is 30.0 Å². The second-order valence-electron chi connectivity index (χ2n) is 5.56. The predicted octanol–water partition coefficient (Wildman–Crippen LogP) is 4.02. The minimum atomic E-state index is 0.0161. The number of nitrogens with zero attached hydrogens (tertiary/aromatic N) is 2. The number of amides is 1. The number of aryl methyl sites for hydroxylation is 1. The molecule has 3 aromatic rings. The lowest BCUT2D eigenvalue weighted by atomic mass is 10.1. The van der Waals surface area contributed by atoms with Gasteiger partial charge in [-0.25, -0.2) is 4.98 Å². The van der Waals surface area contributed by atoms with Gasteiger partial charge in [0.1, 0.15) is 0 Å². The number of nitrogens with one attached hydrogen (secondary N) is 1. The maximum absolute atomic E-state index is 12.1. The maximum atomic E-state index is 12.1. The largest absolute Gasteiger partial charge is 0.350 e. The van der Waals surface area contributed by atoms with Crippen molar-refractivity contribution in [3.05, 3.63) is 70.8 Å². The van der Waals surface area contributed by atoms with Gasteiger partial charge in [0.15, 0.2) is 0 Å². The van der Waals surface area contributed by atoms with Crippen LogP contribution in [-0.2, 0) is 11.2 Å². The third-order valence-electron chi connectivity index (χ3n) is 3.77. The Morgan fingerprint density at radius 2 is 1.92 bits per heavy atom. The van der Waals surface area contributed by atoms with Crippen LogP contribution in [0.25, 0.3) is 11.3 Å². The Bertz CT molecular complexity index is 787. The first-order valence-corrected chi connectivity index (χ1v) is 8.79. The van der Waals surface area contributed by atoms with Gasteiger partial charge in [0.2, 0.25) is 5.91 Å². The number of pyridine rings is 1. The standard InChI is InChI=1S/C19H19N3OS/c1-14(15-5-3-2-4-6-15)21-18(23)7-8-19-22-17(13-24-19)16-9-11-20-12-10-16/h2-6,9-14H,7-8H2,1H3,(H,21,23). The second-order valence-corrected chi connectivity index (χ2v) is 6.50. The maximum Gasteiger partial charge on any atom is 0.220 e. The van der Waals surface area contributed by atoms with E-state index in [1.165, 1.54) is 0 Å². The first-order chi connectivity index (χ1) is 11.7. The van der Waals surface area contributed by atoms with E-state index in [0.717, 1.165) is 21.8 Å². The van der Waals surface area contributed by atoms with E-state index in [2.05, 4.69) is 15.3 Å². The highest BCUT2D eigenvalue weighted by Gasteiger charge is 2.11. The van der Waals surface area contributed by atoms with E-state index in [4.69, 9.17) is 0 Å². The molecular formula is C19H19N3OS. The molecule has 122 valence electrons. The molecule has 2 heterocycles. The van der Waals surface area contributed by atoms with E-state index in [0.29, 0.717) is 12.8 Å². The molecule has 2 aromatic heterocycles. The third-order valence-corrected chi connectivity index (χ3v) is 4.68. The first kappa shape index (κ1) is 16.3. The average Bonchev–Trinajstić information content (AvgIpc) is 3.10. The molecule has 24 heavy (non-hydrogen) atoms. The van der Waals surface area contributed by atoms with Crippen molar-refractivity contribution in [3.8, 4) is 11.3 Å². The van der Waals surface area contributed by atoms with Crippen LogP contribution in [0, 0.1) is 0 Å². The Kier molecular flexibility index (Phi) is 5.33. The van der Waals surface area contributed by atoms with Crippen molar-refractivity contribution in [2.24, 2.45) is 0 Å². The summed E-state index contributed by atoms with van der Waals surface area (Å²) in [6.45, 7) is 2.00.